The van der Waals surface area contributed by atoms with Gasteiger partial charge in [0, 0.05) is 18.7 Å². The molecule has 0 aliphatic carbocycles. The van der Waals surface area contributed by atoms with Crippen molar-refractivity contribution in [3.05, 3.63) is 29.8 Å². The molecule has 0 aliphatic rings. The van der Waals surface area contributed by atoms with Gasteiger partial charge in [-0.1, -0.05) is 32.0 Å². The van der Waals surface area contributed by atoms with Crippen molar-refractivity contribution in [2.24, 2.45) is 11.8 Å². The fraction of sp³-hybridized carbons (Fsp3) is 0.533. The monoisotopic (exact) mass is 265 g/mol. The second kappa shape index (κ2) is 7.79. The third kappa shape index (κ3) is 5.30. The Bertz CT molecular complexity index is 404. The maximum atomic E-state index is 11.1. The number of benzene rings is 1. The summed E-state index contributed by atoms with van der Waals surface area (Å²) < 4.78 is 5.26. The molecule has 0 radical (unpaired) electrons. The number of ether oxygens (including phenoxy) is 1. The summed E-state index contributed by atoms with van der Waals surface area (Å²) in [6.07, 6.45) is 0.689. The van der Waals surface area contributed by atoms with Gasteiger partial charge in [0.1, 0.15) is 5.75 Å². The van der Waals surface area contributed by atoms with E-state index in [1.54, 1.807) is 7.11 Å². The van der Waals surface area contributed by atoms with Gasteiger partial charge in [-0.15, -0.1) is 0 Å². The maximum absolute atomic E-state index is 11.1. The smallest absolute Gasteiger partial charge is 0.307 e. The molecule has 1 atom stereocenters. The van der Waals surface area contributed by atoms with E-state index in [1.165, 1.54) is 0 Å². The number of nitrogens with one attached hydrogen (secondary N) is 1. The van der Waals surface area contributed by atoms with Gasteiger partial charge in [-0.25, -0.2) is 0 Å². The number of carboxylic acid groups (broad SMARTS) is 1. The van der Waals surface area contributed by atoms with Crippen LogP contribution in [0.15, 0.2) is 24.3 Å². The number of hydrogen-bond acceptors (Lipinski definition) is 3. The topological polar surface area (TPSA) is 58.6 Å². The summed E-state index contributed by atoms with van der Waals surface area (Å²) in [5, 5.41) is 12.4. The van der Waals surface area contributed by atoms with Gasteiger partial charge in [0.25, 0.3) is 0 Å². The lowest BCUT2D eigenvalue weighted by molar-refractivity contribution is -0.142. The molecule has 0 fully saturated rings. The average molecular weight is 265 g/mol. The van der Waals surface area contributed by atoms with E-state index in [2.05, 4.69) is 5.32 Å². The second-order valence-corrected chi connectivity index (χ2v) is 5.11. The quantitative estimate of drug-likeness (QED) is 0.758. The number of hydrogen-bond donors (Lipinski definition) is 2. The van der Waals surface area contributed by atoms with Crippen LogP contribution in [0.3, 0.4) is 0 Å². The molecule has 1 rings (SSSR count). The van der Waals surface area contributed by atoms with E-state index in [-0.39, 0.29) is 5.92 Å². The molecule has 0 spiro atoms. The van der Waals surface area contributed by atoms with Crippen LogP contribution in [0, 0.1) is 11.8 Å². The van der Waals surface area contributed by atoms with Crippen LogP contribution in [0.2, 0.25) is 0 Å². The van der Waals surface area contributed by atoms with E-state index in [1.807, 2.05) is 38.1 Å². The summed E-state index contributed by atoms with van der Waals surface area (Å²) >= 11 is 0. The molecular weight excluding hydrogens is 242 g/mol. The van der Waals surface area contributed by atoms with E-state index in [0.29, 0.717) is 25.4 Å². The summed E-state index contributed by atoms with van der Waals surface area (Å²) in [5.41, 5.74) is 1.04. The molecule has 1 aromatic carbocycles. The first-order valence-corrected chi connectivity index (χ1v) is 6.60. The fourth-order valence-electron chi connectivity index (χ4n) is 2.07. The molecule has 1 aromatic rings. The number of aliphatic carboxylic acids is 1. The van der Waals surface area contributed by atoms with Crippen molar-refractivity contribution in [2.75, 3.05) is 13.7 Å². The molecule has 0 saturated heterocycles. The Labute approximate surface area is 114 Å². The molecule has 0 aliphatic heterocycles. The Morgan fingerprint density at radius 1 is 1.37 bits per heavy atom. The minimum absolute atomic E-state index is 0.338. The predicted molar refractivity (Wildman–Crippen MR) is 75.3 cm³/mol. The first-order valence-electron chi connectivity index (χ1n) is 6.60. The molecule has 1 unspecified atom stereocenters. The summed E-state index contributed by atoms with van der Waals surface area (Å²) in [6, 6.07) is 7.74. The number of rotatable bonds is 8. The number of carbonyl (C=O) groups is 1. The Morgan fingerprint density at radius 3 is 2.63 bits per heavy atom. The van der Waals surface area contributed by atoms with E-state index in [0.717, 1.165) is 11.3 Å². The van der Waals surface area contributed by atoms with Crippen LogP contribution in [-0.4, -0.2) is 24.7 Å². The molecule has 4 heteroatoms. The van der Waals surface area contributed by atoms with Crippen LogP contribution < -0.4 is 10.1 Å². The van der Waals surface area contributed by atoms with Crippen molar-refractivity contribution in [3.8, 4) is 5.75 Å². The highest BCUT2D eigenvalue weighted by Gasteiger charge is 2.18. The van der Waals surface area contributed by atoms with Crippen molar-refractivity contribution < 1.29 is 14.6 Å². The van der Waals surface area contributed by atoms with Crippen LogP contribution in [-0.2, 0) is 11.3 Å². The third-order valence-corrected chi connectivity index (χ3v) is 3.00. The first-order chi connectivity index (χ1) is 9.04. The minimum atomic E-state index is -0.735. The van der Waals surface area contributed by atoms with Gasteiger partial charge in [0.15, 0.2) is 0 Å². The lowest BCUT2D eigenvalue weighted by Crippen LogP contribution is -2.29. The minimum Gasteiger partial charge on any atom is -0.496 e. The highest BCUT2D eigenvalue weighted by Crippen LogP contribution is 2.17. The van der Waals surface area contributed by atoms with E-state index in [9.17, 15) is 4.79 Å². The zero-order chi connectivity index (χ0) is 14.3. The van der Waals surface area contributed by atoms with Crippen molar-refractivity contribution in [1.82, 2.24) is 5.32 Å². The predicted octanol–water partition coefficient (Wildman–Crippen LogP) is 2.53. The summed E-state index contributed by atoms with van der Waals surface area (Å²) in [6.45, 7) is 5.17. The number of para-hydroxylation sites is 1. The van der Waals surface area contributed by atoms with Crippen molar-refractivity contribution in [3.63, 3.8) is 0 Å². The molecular formula is C15H23NO3. The molecule has 4 nitrogen and oxygen atoms in total. The van der Waals surface area contributed by atoms with E-state index < -0.39 is 5.97 Å². The zero-order valence-electron chi connectivity index (χ0n) is 11.8. The van der Waals surface area contributed by atoms with Crippen molar-refractivity contribution >= 4 is 5.97 Å². The van der Waals surface area contributed by atoms with E-state index in [4.69, 9.17) is 9.84 Å². The van der Waals surface area contributed by atoms with Gasteiger partial charge >= 0.3 is 5.97 Å². The summed E-state index contributed by atoms with van der Waals surface area (Å²) in [4.78, 5) is 11.1. The zero-order valence-corrected chi connectivity index (χ0v) is 11.8. The normalized spacial score (nSPS) is 12.4. The second-order valence-electron chi connectivity index (χ2n) is 5.11. The van der Waals surface area contributed by atoms with Gasteiger partial charge in [0.05, 0.1) is 13.0 Å². The number of carboxylic acids is 1. The van der Waals surface area contributed by atoms with Crippen LogP contribution in [0.25, 0.3) is 0 Å². The highest BCUT2D eigenvalue weighted by molar-refractivity contribution is 5.70. The lowest BCUT2D eigenvalue weighted by Gasteiger charge is -2.16. The van der Waals surface area contributed by atoms with Gasteiger partial charge in [-0.3, -0.25) is 4.79 Å². The average Bonchev–Trinajstić information content (AvgIpc) is 2.37. The van der Waals surface area contributed by atoms with Gasteiger partial charge in [-0.05, 0) is 18.4 Å². The van der Waals surface area contributed by atoms with Crippen LogP contribution >= 0.6 is 0 Å². The molecule has 19 heavy (non-hydrogen) atoms. The lowest BCUT2D eigenvalue weighted by atomic mass is 9.97. The van der Waals surface area contributed by atoms with Gasteiger partial charge in [-0.2, -0.15) is 0 Å². The molecule has 0 heterocycles. The van der Waals surface area contributed by atoms with E-state index >= 15 is 0 Å². The molecule has 0 bridgehead atoms. The SMILES string of the molecule is COc1ccccc1CNCC(CC(C)C)C(=O)O. The molecule has 106 valence electrons. The fourth-order valence-corrected chi connectivity index (χ4v) is 2.07. The Balaban J connectivity index is 2.49. The largest absolute Gasteiger partial charge is 0.496 e. The highest BCUT2D eigenvalue weighted by atomic mass is 16.5. The van der Waals surface area contributed by atoms with Crippen molar-refractivity contribution in [2.45, 2.75) is 26.8 Å². The Hall–Kier alpha value is -1.55. The standard InChI is InChI=1S/C15H23NO3/c1-11(2)8-13(15(17)18)10-16-9-12-6-4-5-7-14(12)19-3/h4-7,11,13,16H,8-10H2,1-3H3,(H,17,18). The van der Waals surface area contributed by atoms with Gasteiger partial charge < -0.3 is 15.2 Å². The van der Waals surface area contributed by atoms with Crippen LogP contribution in [0.1, 0.15) is 25.8 Å². The van der Waals surface area contributed by atoms with Gasteiger partial charge in [0.2, 0.25) is 0 Å². The molecule has 0 aromatic heterocycles. The van der Waals surface area contributed by atoms with Crippen LogP contribution in [0.5, 0.6) is 5.75 Å². The van der Waals surface area contributed by atoms with Crippen molar-refractivity contribution in [1.29, 1.82) is 0 Å². The summed E-state index contributed by atoms with van der Waals surface area (Å²) in [7, 11) is 1.64. The third-order valence-electron chi connectivity index (χ3n) is 3.00. The molecule has 0 saturated carbocycles. The van der Waals surface area contributed by atoms with Crippen LogP contribution in [0.4, 0.5) is 0 Å². The number of methoxy groups -OCH3 is 1. The first kappa shape index (κ1) is 15.5. The Morgan fingerprint density at radius 2 is 2.05 bits per heavy atom. The Kier molecular flexibility index (Phi) is 6.36. The molecule has 0 amide bonds. The molecule has 2 N–H and O–H groups in total. The summed E-state index contributed by atoms with van der Waals surface area (Å²) in [5.74, 6) is 0.135. The maximum Gasteiger partial charge on any atom is 0.307 e.